The van der Waals surface area contributed by atoms with Crippen molar-refractivity contribution in [3.8, 4) is 0 Å². The number of nitrogens with one attached hydrogen (secondary N) is 2. The fourth-order valence-corrected chi connectivity index (χ4v) is 2.16. The molecule has 0 unspecified atom stereocenters. The van der Waals surface area contributed by atoms with Crippen molar-refractivity contribution in [2.75, 3.05) is 30.4 Å². The minimum atomic E-state index is -0.131. The summed E-state index contributed by atoms with van der Waals surface area (Å²) in [7, 11) is 1.74. The Kier molecular flexibility index (Phi) is 6.14. The predicted octanol–water partition coefficient (Wildman–Crippen LogP) is 2.68. The molecular formula is C19H21N3O2. The zero-order chi connectivity index (χ0) is 17.4. The summed E-state index contributed by atoms with van der Waals surface area (Å²) in [6.45, 7) is 4.12. The highest BCUT2D eigenvalue weighted by Gasteiger charge is 2.13. The Morgan fingerprint density at radius 1 is 1.12 bits per heavy atom. The third-order valence-electron chi connectivity index (χ3n) is 3.45. The minimum Gasteiger partial charge on any atom is -0.376 e. The quantitative estimate of drug-likeness (QED) is 0.770. The van der Waals surface area contributed by atoms with Crippen molar-refractivity contribution in [3.05, 3.63) is 72.8 Å². The number of carbonyl (C=O) groups is 2. The first kappa shape index (κ1) is 17.3. The first-order valence-corrected chi connectivity index (χ1v) is 7.66. The Bertz CT molecular complexity index is 714. The van der Waals surface area contributed by atoms with Crippen LogP contribution in [0.25, 0.3) is 0 Å². The molecule has 2 aromatic rings. The lowest BCUT2D eigenvalue weighted by Crippen LogP contribution is -2.30. The number of benzene rings is 2. The number of para-hydroxylation sites is 1. The van der Waals surface area contributed by atoms with Crippen LogP contribution in [0.1, 0.15) is 10.4 Å². The molecule has 2 amide bonds. The van der Waals surface area contributed by atoms with Crippen molar-refractivity contribution in [3.63, 3.8) is 0 Å². The van der Waals surface area contributed by atoms with Gasteiger partial charge in [0.05, 0.1) is 6.54 Å². The third kappa shape index (κ3) is 4.71. The summed E-state index contributed by atoms with van der Waals surface area (Å²) in [5.74, 6) is -0.242. The molecule has 24 heavy (non-hydrogen) atoms. The highest BCUT2D eigenvalue weighted by Crippen LogP contribution is 2.17. The van der Waals surface area contributed by atoms with E-state index in [1.54, 1.807) is 36.2 Å². The van der Waals surface area contributed by atoms with E-state index in [4.69, 9.17) is 0 Å². The van der Waals surface area contributed by atoms with Gasteiger partial charge in [-0.15, -0.1) is 6.58 Å². The van der Waals surface area contributed by atoms with E-state index in [1.165, 1.54) is 0 Å². The number of nitrogens with zero attached hydrogens (tertiary/aromatic N) is 1. The van der Waals surface area contributed by atoms with Crippen LogP contribution in [0.2, 0.25) is 0 Å². The Hall–Kier alpha value is -3.08. The summed E-state index contributed by atoms with van der Waals surface area (Å²) in [6.07, 6.45) is 1.62. The van der Waals surface area contributed by atoms with E-state index in [0.717, 1.165) is 11.4 Å². The Labute approximate surface area is 142 Å². The molecule has 0 saturated heterocycles. The second-order valence-electron chi connectivity index (χ2n) is 5.23. The molecule has 124 valence electrons. The van der Waals surface area contributed by atoms with E-state index in [-0.39, 0.29) is 18.4 Å². The average molecular weight is 323 g/mol. The Balaban J connectivity index is 2.03. The molecule has 0 aliphatic carbocycles. The molecule has 0 fully saturated rings. The number of hydrogen-bond acceptors (Lipinski definition) is 3. The van der Waals surface area contributed by atoms with Gasteiger partial charge in [0.25, 0.3) is 5.91 Å². The first-order chi connectivity index (χ1) is 11.6. The van der Waals surface area contributed by atoms with Gasteiger partial charge >= 0.3 is 0 Å². The van der Waals surface area contributed by atoms with Gasteiger partial charge in [-0.2, -0.15) is 0 Å². The van der Waals surface area contributed by atoms with E-state index in [9.17, 15) is 9.59 Å². The predicted molar refractivity (Wildman–Crippen MR) is 97.3 cm³/mol. The maximum absolute atomic E-state index is 12.6. The molecule has 0 atom stereocenters. The van der Waals surface area contributed by atoms with E-state index >= 15 is 0 Å². The van der Waals surface area contributed by atoms with Gasteiger partial charge in [0, 0.05) is 30.5 Å². The van der Waals surface area contributed by atoms with Crippen LogP contribution in [0, 0.1) is 0 Å². The lowest BCUT2D eigenvalue weighted by Gasteiger charge is -2.18. The van der Waals surface area contributed by atoms with E-state index in [1.807, 2.05) is 36.4 Å². The number of rotatable bonds is 7. The van der Waals surface area contributed by atoms with Gasteiger partial charge in [-0.1, -0.05) is 30.3 Å². The van der Waals surface area contributed by atoms with E-state index < -0.39 is 0 Å². The maximum atomic E-state index is 12.6. The van der Waals surface area contributed by atoms with Crippen LogP contribution in [0.4, 0.5) is 11.4 Å². The molecule has 2 aromatic carbocycles. The van der Waals surface area contributed by atoms with Crippen LogP contribution in [-0.4, -0.2) is 32.0 Å². The SMILES string of the molecule is C=CCNC(=O)CNc1cccc(C(=O)N(C)c2ccccc2)c1. The number of amides is 2. The molecule has 0 aromatic heterocycles. The molecule has 5 nitrogen and oxygen atoms in total. The van der Waals surface area contributed by atoms with Crippen molar-refractivity contribution in [2.45, 2.75) is 0 Å². The van der Waals surface area contributed by atoms with Gasteiger partial charge in [0.1, 0.15) is 0 Å². The van der Waals surface area contributed by atoms with Crippen molar-refractivity contribution in [1.82, 2.24) is 5.32 Å². The van der Waals surface area contributed by atoms with Crippen molar-refractivity contribution < 1.29 is 9.59 Å². The summed E-state index contributed by atoms with van der Waals surface area (Å²) in [4.78, 5) is 25.8. The molecule has 2 N–H and O–H groups in total. The molecule has 0 radical (unpaired) electrons. The van der Waals surface area contributed by atoms with Crippen LogP contribution in [0.15, 0.2) is 67.3 Å². The number of hydrogen-bond donors (Lipinski definition) is 2. The van der Waals surface area contributed by atoms with Crippen molar-refractivity contribution >= 4 is 23.2 Å². The lowest BCUT2D eigenvalue weighted by atomic mass is 10.1. The standard InChI is InChI=1S/C19H21N3O2/c1-3-12-20-18(23)14-21-16-9-7-8-15(13-16)19(24)22(2)17-10-5-4-6-11-17/h3-11,13,21H,1,12,14H2,2H3,(H,20,23). The number of anilines is 2. The van der Waals surface area contributed by atoms with Gasteiger partial charge in [-0.3, -0.25) is 9.59 Å². The Morgan fingerprint density at radius 2 is 1.88 bits per heavy atom. The van der Waals surface area contributed by atoms with Crippen molar-refractivity contribution in [2.24, 2.45) is 0 Å². The molecule has 2 rings (SSSR count). The summed E-state index contributed by atoms with van der Waals surface area (Å²) in [5.41, 5.74) is 2.10. The van der Waals surface area contributed by atoms with Crippen LogP contribution >= 0.6 is 0 Å². The van der Waals surface area contributed by atoms with E-state index in [2.05, 4.69) is 17.2 Å². The summed E-state index contributed by atoms with van der Waals surface area (Å²) in [6, 6.07) is 16.5. The van der Waals surface area contributed by atoms with Crippen LogP contribution < -0.4 is 15.5 Å². The normalized spacial score (nSPS) is 9.88. The highest BCUT2D eigenvalue weighted by atomic mass is 16.2. The fraction of sp³-hybridized carbons (Fsp3) is 0.158. The molecule has 0 spiro atoms. The van der Waals surface area contributed by atoms with Gasteiger partial charge in [0.15, 0.2) is 0 Å². The molecule has 0 aliphatic heterocycles. The van der Waals surface area contributed by atoms with Crippen LogP contribution in [-0.2, 0) is 4.79 Å². The zero-order valence-electron chi connectivity index (χ0n) is 13.7. The molecular weight excluding hydrogens is 302 g/mol. The Morgan fingerprint density at radius 3 is 2.58 bits per heavy atom. The van der Waals surface area contributed by atoms with E-state index in [0.29, 0.717) is 12.1 Å². The largest absolute Gasteiger partial charge is 0.376 e. The van der Waals surface area contributed by atoms with Gasteiger partial charge in [-0.05, 0) is 30.3 Å². The smallest absolute Gasteiger partial charge is 0.258 e. The highest BCUT2D eigenvalue weighted by molar-refractivity contribution is 6.06. The second kappa shape index (κ2) is 8.53. The second-order valence-corrected chi connectivity index (χ2v) is 5.23. The maximum Gasteiger partial charge on any atom is 0.258 e. The topological polar surface area (TPSA) is 61.4 Å². The summed E-state index contributed by atoms with van der Waals surface area (Å²) in [5, 5.41) is 5.70. The van der Waals surface area contributed by atoms with Crippen molar-refractivity contribution in [1.29, 1.82) is 0 Å². The molecule has 5 heteroatoms. The fourth-order valence-electron chi connectivity index (χ4n) is 2.16. The molecule has 0 bridgehead atoms. The van der Waals surface area contributed by atoms with Crippen LogP contribution in [0.3, 0.4) is 0 Å². The molecule has 0 heterocycles. The summed E-state index contributed by atoms with van der Waals surface area (Å²) < 4.78 is 0. The summed E-state index contributed by atoms with van der Waals surface area (Å²) >= 11 is 0. The van der Waals surface area contributed by atoms with Crippen LogP contribution in [0.5, 0.6) is 0 Å². The van der Waals surface area contributed by atoms with Gasteiger partial charge in [-0.25, -0.2) is 0 Å². The van der Waals surface area contributed by atoms with Gasteiger partial charge in [0.2, 0.25) is 5.91 Å². The average Bonchev–Trinajstić information content (AvgIpc) is 2.64. The number of carbonyl (C=O) groups excluding carboxylic acids is 2. The lowest BCUT2D eigenvalue weighted by molar-refractivity contribution is -0.119. The molecule has 0 saturated carbocycles. The third-order valence-corrected chi connectivity index (χ3v) is 3.45. The van der Waals surface area contributed by atoms with Gasteiger partial charge < -0.3 is 15.5 Å². The minimum absolute atomic E-state index is 0.110. The zero-order valence-corrected chi connectivity index (χ0v) is 13.7. The molecule has 0 aliphatic rings. The first-order valence-electron chi connectivity index (χ1n) is 7.66. The monoisotopic (exact) mass is 323 g/mol.